The van der Waals surface area contributed by atoms with Gasteiger partial charge in [-0.3, -0.25) is 0 Å². The molecule has 262 valence electrons. The smallest absolute Gasteiger partial charge is 0.135 e. The maximum Gasteiger partial charge on any atom is 0.135 e. The van der Waals surface area contributed by atoms with Crippen molar-refractivity contribution in [2.24, 2.45) is 0 Å². The Morgan fingerprint density at radius 2 is 0.754 bits per heavy atom. The van der Waals surface area contributed by atoms with E-state index >= 15 is 0 Å². The third-order valence-corrected chi connectivity index (χ3v) is 12.6. The molecular formula is C56H32O. The van der Waals surface area contributed by atoms with Gasteiger partial charge in [-0.05, 0) is 146 Å². The summed E-state index contributed by atoms with van der Waals surface area (Å²) in [6.07, 6.45) is 0. The number of ether oxygens (including phenoxy) is 1. The number of fused-ring (bicyclic) bond motifs is 12. The van der Waals surface area contributed by atoms with Crippen LogP contribution in [0.15, 0.2) is 194 Å². The Labute approximate surface area is 328 Å². The highest BCUT2D eigenvalue weighted by Gasteiger charge is 2.26. The van der Waals surface area contributed by atoms with E-state index in [0.29, 0.717) is 0 Å². The Hall–Kier alpha value is -7.48. The van der Waals surface area contributed by atoms with Gasteiger partial charge in [0.15, 0.2) is 0 Å². The van der Waals surface area contributed by atoms with Gasteiger partial charge in [-0.25, -0.2) is 0 Å². The zero-order chi connectivity index (χ0) is 37.2. The minimum absolute atomic E-state index is 0.882. The summed E-state index contributed by atoms with van der Waals surface area (Å²) in [6.45, 7) is 0. The summed E-state index contributed by atoms with van der Waals surface area (Å²) in [5.41, 5.74) is 7.23. The Balaban J connectivity index is 1.13. The van der Waals surface area contributed by atoms with E-state index in [4.69, 9.17) is 4.74 Å². The predicted octanol–water partition coefficient (Wildman–Crippen LogP) is 16.0. The van der Waals surface area contributed by atoms with Crippen LogP contribution in [0.4, 0.5) is 0 Å². The number of rotatable bonds is 2. The first-order valence-corrected chi connectivity index (χ1v) is 19.7. The summed E-state index contributed by atoms with van der Waals surface area (Å²) in [4.78, 5) is 0. The molecule has 0 spiro atoms. The van der Waals surface area contributed by atoms with Gasteiger partial charge >= 0.3 is 0 Å². The molecule has 1 nitrogen and oxygen atoms in total. The molecule has 0 N–H and O–H groups in total. The van der Waals surface area contributed by atoms with Crippen LogP contribution in [0.25, 0.3) is 120 Å². The van der Waals surface area contributed by atoms with Crippen LogP contribution in [-0.2, 0) is 0 Å². The van der Waals surface area contributed by atoms with E-state index in [1.165, 1.54) is 109 Å². The monoisotopic (exact) mass is 720 g/mol. The first-order chi connectivity index (χ1) is 28.3. The summed E-state index contributed by atoms with van der Waals surface area (Å²) in [5.74, 6) is 1.78. The summed E-state index contributed by atoms with van der Waals surface area (Å²) in [7, 11) is 0. The molecule has 0 bridgehead atoms. The zero-order valence-corrected chi connectivity index (χ0v) is 30.9. The van der Waals surface area contributed by atoms with Crippen LogP contribution in [0.5, 0.6) is 11.5 Å². The molecule has 0 atom stereocenters. The van der Waals surface area contributed by atoms with Gasteiger partial charge in [0, 0.05) is 16.3 Å². The molecule has 57 heavy (non-hydrogen) atoms. The number of benzene rings is 12. The van der Waals surface area contributed by atoms with Gasteiger partial charge in [-0.15, -0.1) is 0 Å². The fourth-order valence-electron chi connectivity index (χ4n) is 10.1. The Morgan fingerprint density at radius 3 is 1.40 bits per heavy atom. The van der Waals surface area contributed by atoms with Crippen LogP contribution in [0.2, 0.25) is 0 Å². The molecule has 0 fully saturated rings. The van der Waals surface area contributed by atoms with Crippen molar-refractivity contribution in [3.05, 3.63) is 194 Å². The molecule has 0 saturated carbocycles. The van der Waals surface area contributed by atoms with E-state index in [9.17, 15) is 0 Å². The topological polar surface area (TPSA) is 9.23 Å². The standard InChI is InChI=1S/C56H32O/c1-6-16-39-33(11-1)21-24-44-47(39)29-35-13-3-8-18-41(35)53(44)38-23-27-51-49(32-38)50-31-37-15-5-10-20-43(37)55-46(26-28-52(57-51)56(50)55)54-42-19-9-4-14-36(42)30-48-40-17-7-2-12-34(40)22-25-45(48)54/h1-32H. The van der Waals surface area contributed by atoms with Crippen LogP contribution in [0, 0.1) is 0 Å². The molecule has 13 rings (SSSR count). The van der Waals surface area contributed by atoms with Crippen molar-refractivity contribution in [2.75, 3.05) is 0 Å². The van der Waals surface area contributed by atoms with E-state index < -0.39 is 0 Å². The van der Waals surface area contributed by atoms with Crippen molar-refractivity contribution in [1.29, 1.82) is 0 Å². The quantitative estimate of drug-likeness (QED) is 0.128. The van der Waals surface area contributed by atoms with Crippen molar-refractivity contribution in [2.45, 2.75) is 0 Å². The van der Waals surface area contributed by atoms with Crippen molar-refractivity contribution in [3.8, 4) is 44.9 Å². The van der Waals surface area contributed by atoms with E-state index in [1.807, 2.05) is 0 Å². The first kappa shape index (κ1) is 30.8. The van der Waals surface area contributed by atoms with Crippen molar-refractivity contribution in [3.63, 3.8) is 0 Å². The van der Waals surface area contributed by atoms with Crippen LogP contribution < -0.4 is 4.74 Å². The fourth-order valence-corrected chi connectivity index (χ4v) is 10.1. The third kappa shape index (κ3) is 4.34. The molecular weight excluding hydrogens is 689 g/mol. The molecule has 12 aromatic rings. The van der Waals surface area contributed by atoms with Gasteiger partial charge in [0.25, 0.3) is 0 Å². The second-order valence-corrected chi connectivity index (χ2v) is 15.5. The molecule has 1 heterocycles. The molecule has 1 aliphatic heterocycles. The molecule has 12 aromatic carbocycles. The van der Waals surface area contributed by atoms with E-state index in [0.717, 1.165) is 22.4 Å². The van der Waals surface area contributed by atoms with Crippen molar-refractivity contribution < 1.29 is 4.74 Å². The first-order valence-electron chi connectivity index (χ1n) is 19.7. The van der Waals surface area contributed by atoms with Crippen LogP contribution in [0.1, 0.15) is 0 Å². The van der Waals surface area contributed by atoms with E-state index in [1.54, 1.807) is 0 Å². The molecule has 0 aromatic heterocycles. The van der Waals surface area contributed by atoms with Gasteiger partial charge in [0.05, 0.1) is 0 Å². The largest absolute Gasteiger partial charge is 0.456 e. The second kappa shape index (κ2) is 11.5. The summed E-state index contributed by atoms with van der Waals surface area (Å²) in [5, 5.41) is 19.9. The van der Waals surface area contributed by atoms with Crippen molar-refractivity contribution >= 4 is 86.2 Å². The maximum atomic E-state index is 6.95. The average molecular weight is 721 g/mol. The van der Waals surface area contributed by atoms with Gasteiger partial charge in [-0.1, -0.05) is 152 Å². The minimum Gasteiger partial charge on any atom is -0.456 e. The second-order valence-electron chi connectivity index (χ2n) is 15.5. The number of hydrogen-bond acceptors (Lipinski definition) is 1. The third-order valence-electron chi connectivity index (χ3n) is 12.6. The fraction of sp³-hybridized carbons (Fsp3) is 0. The summed E-state index contributed by atoms with van der Waals surface area (Å²) >= 11 is 0. The highest BCUT2D eigenvalue weighted by molar-refractivity contribution is 6.28. The van der Waals surface area contributed by atoms with Gasteiger partial charge < -0.3 is 4.74 Å². The Kier molecular flexibility index (Phi) is 6.23. The molecule has 0 radical (unpaired) electrons. The van der Waals surface area contributed by atoms with E-state index in [-0.39, 0.29) is 0 Å². The lowest BCUT2D eigenvalue weighted by Gasteiger charge is -2.25. The molecule has 1 aliphatic rings. The highest BCUT2D eigenvalue weighted by Crippen LogP contribution is 2.54. The highest BCUT2D eigenvalue weighted by atomic mass is 16.5. The van der Waals surface area contributed by atoms with Crippen molar-refractivity contribution in [1.82, 2.24) is 0 Å². The number of hydrogen-bond donors (Lipinski definition) is 0. The lowest BCUT2D eigenvalue weighted by Crippen LogP contribution is -2.00. The van der Waals surface area contributed by atoms with Gasteiger partial charge in [0.1, 0.15) is 11.5 Å². The molecule has 0 unspecified atom stereocenters. The summed E-state index contributed by atoms with van der Waals surface area (Å²) in [6, 6.07) is 71.6. The van der Waals surface area contributed by atoms with Gasteiger partial charge in [-0.2, -0.15) is 0 Å². The van der Waals surface area contributed by atoms with Crippen LogP contribution in [0.3, 0.4) is 0 Å². The lowest BCUT2D eigenvalue weighted by molar-refractivity contribution is 0.487. The molecule has 0 saturated heterocycles. The van der Waals surface area contributed by atoms with Crippen LogP contribution >= 0.6 is 0 Å². The molecule has 1 heteroatoms. The van der Waals surface area contributed by atoms with Crippen LogP contribution in [-0.4, -0.2) is 0 Å². The molecule has 0 aliphatic carbocycles. The Bertz CT molecular complexity index is 3720. The van der Waals surface area contributed by atoms with Gasteiger partial charge in [0.2, 0.25) is 0 Å². The predicted molar refractivity (Wildman–Crippen MR) is 243 cm³/mol. The lowest BCUT2D eigenvalue weighted by atomic mass is 9.83. The maximum absolute atomic E-state index is 6.95. The Morgan fingerprint density at radius 1 is 0.246 bits per heavy atom. The van der Waals surface area contributed by atoms with E-state index in [2.05, 4.69) is 194 Å². The normalized spacial score (nSPS) is 12.4. The average Bonchev–Trinajstić information content (AvgIpc) is 3.27. The minimum atomic E-state index is 0.882. The SMILES string of the molecule is c1ccc2c(-c3ccc4c(c3)-c3cc5ccccc5c5c(-c6c7ccccc7cc7c6ccc6ccccc67)ccc(c35)O4)c3ccc4ccccc4c3cc2c1. The summed E-state index contributed by atoms with van der Waals surface area (Å²) < 4.78 is 6.95. The molecule has 0 amide bonds. The zero-order valence-electron chi connectivity index (χ0n) is 30.9.